The first-order valence-electron chi connectivity index (χ1n) is 9.78. The molecule has 3 aliphatic heterocycles. The van der Waals surface area contributed by atoms with Crippen molar-refractivity contribution in [3.05, 3.63) is 0 Å². The van der Waals surface area contributed by atoms with Crippen molar-refractivity contribution < 1.29 is 9.59 Å². The topological polar surface area (TPSA) is 64.7 Å². The van der Waals surface area contributed by atoms with Gasteiger partial charge in [0, 0.05) is 25.7 Å². The molecule has 0 bridgehead atoms. The van der Waals surface area contributed by atoms with Gasteiger partial charge >= 0.3 is 0 Å². The molecule has 2 amide bonds. The van der Waals surface area contributed by atoms with Crippen LogP contribution in [0.25, 0.3) is 0 Å². The Morgan fingerprint density at radius 3 is 2.68 bits per heavy atom. The van der Waals surface area contributed by atoms with Gasteiger partial charge in [0.05, 0.1) is 12.1 Å². The highest BCUT2D eigenvalue weighted by Gasteiger charge is 2.43. The molecule has 0 aromatic carbocycles. The van der Waals surface area contributed by atoms with Crippen LogP contribution in [-0.2, 0) is 9.59 Å². The van der Waals surface area contributed by atoms with Gasteiger partial charge in [-0.15, -0.1) is 12.4 Å². The minimum absolute atomic E-state index is 0. The Bertz CT molecular complexity index is 493. The minimum Gasteiger partial charge on any atom is -0.354 e. The van der Waals surface area contributed by atoms with Crippen LogP contribution in [0.1, 0.15) is 44.9 Å². The predicted molar refractivity (Wildman–Crippen MR) is 98.7 cm³/mol. The molecule has 4 fully saturated rings. The van der Waals surface area contributed by atoms with E-state index < -0.39 is 0 Å². The van der Waals surface area contributed by atoms with Crippen LogP contribution in [0.4, 0.5) is 0 Å². The van der Waals surface area contributed by atoms with E-state index in [0.29, 0.717) is 17.9 Å². The molecule has 0 aromatic heterocycles. The second-order valence-corrected chi connectivity index (χ2v) is 7.96. The summed E-state index contributed by atoms with van der Waals surface area (Å²) < 4.78 is 0. The van der Waals surface area contributed by atoms with Crippen molar-refractivity contribution in [1.29, 1.82) is 0 Å². The largest absolute Gasteiger partial charge is 0.354 e. The Morgan fingerprint density at radius 2 is 1.96 bits per heavy atom. The zero-order valence-corrected chi connectivity index (χ0v) is 15.7. The van der Waals surface area contributed by atoms with Crippen LogP contribution >= 0.6 is 12.4 Å². The summed E-state index contributed by atoms with van der Waals surface area (Å²) in [6, 6.07) is 0.648. The molecule has 142 valence electrons. The number of carbonyl (C=O) groups is 2. The van der Waals surface area contributed by atoms with E-state index in [2.05, 4.69) is 20.4 Å². The maximum atomic E-state index is 12.6. The second-order valence-electron chi connectivity index (χ2n) is 7.96. The smallest absolute Gasteiger partial charge is 0.240 e. The van der Waals surface area contributed by atoms with E-state index in [0.717, 1.165) is 64.8 Å². The van der Waals surface area contributed by atoms with Crippen LogP contribution in [0.3, 0.4) is 0 Å². The fraction of sp³-hybridized carbons (Fsp3) is 0.889. The highest BCUT2D eigenvalue weighted by molar-refractivity contribution is 5.85. The van der Waals surface area contributed by atoms with Gasteiger partial charge in [-0.05, 0) is 64.0 Å². The average Bonchev–Trinajstić information content (AvgIpc) is 3.14. The average molecular weight is 371 g/mol. The number of carbonyl (C=O) groups excluding carboxylic acids is 2. The third kappa shape index (κ3) is 4.29. The molecular weight excluding hydrogens is 340 g/mol. The molecule has 3 atom stereocenters. The van der Waals surface area contributed by atoms with Crippen LogP contribution < -0.4 is 10.6 Å². The molecule has 0 aromatic rings. The van der Waals surface area contributed by atoms with E-state index in [1.54, 1.807) is 0 Å². The van der Waals surface area contributed by atoms with E-state index >= 15 is 0 Å². The van der Waals surface area contributed by atoms with Crippen molar-refractivity contribution in [2.45, 2.75) is 63.1 Å². The number of rotatable bonds is 5. The van der Waals surface area contributed by atoms with E-state index in [9.17, 15) is 9.59 Å². The summed E-state index contributed by atoms with van der Waals surface area (Å²) in [5.41, 5.74) is 0. The molecule has 4 aliphatic rings. The van der Waals surface area contributed by atoms with Crippen molar-refractivity contribution >= 4 is 24.2 Å². The molecule has 0 spiro atoms. The van der Waals surface area contributed by atoms with Crippen molar-refractivity contribution in [3.63, 3.8) is 0 Å². The fourth-order valence-electron chi connectivity index (χ4n) is 4.60. The summed E-state index contributed by atoms with van der Waals surface area (Å²) in [4.78, 5) is 29.3. The lowest BCUT2D eigenvalue weighted by atomic mass is 9.96. The third-order valence-electron chi connectivity index (χ3n) is 6.13. The monoisotopic (exact) mass is 370 g/mol. The summed E-state index contributed by atoms with van der Waals surface area (Å²) in [7, 11) is 0. The standard InChI is InChI=1S/C18H30N4O2.ClH/c23-17(15-4-1-8-19-15)20-11-13-3-2-9-21(12-13)16-7-10-22(18(16)24)14-5-6-14;/h13-16,19H,1-12H2,(H,20,23);1H. The molecule has 3 saturated heterocycles. The van der Waals surface area contributed by atoms with Gasteiger partial charge in [-0.2, -0.15) is 0 Å². The number of halogens is 1. The number of piperidine rings is 1. The lowest BCUT2D eigenvalue weighted by Gasteiger charge is -2.36. The molecule has 3 heterocycles. The maximum Gasteiger partial charge on any atom is 0.240 e. The van der Waals surface area contributed by atoms with Crippen LogP contribution in [-0.4, -0.2) is 72.5 Å². The van der Waals surface area contributed by atoms with Crippen LogP contribution in [0.2, 0.25) is 0 Å². The van der Waals surface area contributed by atoms with Gasteiger partial charge in [-0.3, -0.25) is 14.5 Å². The molecule has 3 unspecified atom stereocenters. The third-order valence-corrected chi connectivity index (χ3v) is 6.13. The summed E-state index contributed by atoms with van der Waals surface area (Å²) in [5.74, 6) is 0.991. The molecule has 1 saturated carbocycles. The van der Waals surface area contributed by atoms with Gasteiger partial charge < -0.3 is 15.5 Å². The van der Waals surface area contributed by atoms with E-state index in [4.69, 9.17) is 0 Å². The number of nitrogens with one attached hydrogen (secondary N) is 2. The maximum absolute atomic E-state index is 12.6. The van der Waals surface area contributed by atoms with E-state index in [-0.39, 0.29) is 30.4 Å². The molecular formula is C18H31ClN4O2. The van der Waals surface area contributed by atoms with Gasteiger partial charge in [-0.1, -0.05) is 0 Å². The number of nitrogens with zero attached hydrogens (tertiary/aromatic N) is 2. The Balaban J connectivity index is 0.00000182. The first kappa shape index (κ1) is 18.9. The van der Waals surface area contributed by atoms with Crippen molar-refractivity contribution in [1.82, 2.24) is 20.4 Å². The zero-order valence-electron chi connectivity index (χ0n) is 14.9. The highest BCUT2D eigenvalue weighted by Crippen LogP contribution is 2.33. The molecule has 1 aliphatic carbocycles. The van der Waals surface area contributed by atoms with Gasteiger partial charge in [0.25, 0.3) is 0 Å². The van der Waals surface area contributed by atoms with Gasteiger partial charge in [0.15, 0.2) is 0 Å². The number of likely N-dealkylation sites (tertiary alicyclic amines) is 2. The number of hydrogen-bond donors (Lipinski definition) is 2. The van der Waals surface area contributed by atoms with Crippen LogP contribution in [0.15, 0.2) is 0 Å². The fourth-order valence-corrected chi connectivity index (χ4v) is 4.60. The van der Waals surface area contributed by atoms with Gasteiger partial charge in [-0.25, -0.2) is 0 Å². The van der Waals surface area contributed by atoms with E-state index in [1.165, 1.54) is 12.8 Å². The SMILES string of the molecule is Cl.O=C(NCC1CCCN(C2CCN(C3CC3)C2=O)C1)C1CCCN1. The molecule has 4 rings (SSSR count). The number of amides is 2. The van der Waals surface area contributed by atoms with Gasteiger partial charge in [0.1, 0.15) is 0 Å². The first-order chi connectivity index (χ1) is 11.7. The molecule has 25 heavy (non-hydrogen) atoms. The Hall–Kier alpha value is -0.850. The molecule has 2 N–H and O–H groups in total. The lowest BCUT2D eigenvalue weighted by Crippen LogP contribution is -2.50. The Kier molecular flexibility index (Phi) is 6.23. The highest BCUT2D eigenvalue weighted by atomic mass is 35.5. The lowest BCUT2D eigenvalue weighted by molar-refractivity contribution is -0.133. The summed E-state index contributed by atoms with van der Waals surface area (Å²) in [6.45, 7) is 4.63. The normalized spacial score (nSPS) is 33.4. The zero-order chi connectivity index (χ0) is 16.5. The summed E-state index contributed by atoms with van der Waals surface area (Å²) >= 11 is 0. The van der Waals surface area contributed by atoms with Crippen molar-refractivity contribution in [3.8, 4) is 0 Å². The number of hydrogen-bond acceptors (Lipinski definition) is 4. The van der Waals surface area contributed by atoms with Crippen LogP contribution in [0.5, 0.6) is 0 Å². The molecule has 6 nitrogen and oxygen atoms in total. The summed E-state index contributed by atoms with van der Waals surface area (Å²) in [6.07, 6.45) is 7.72. The second kappa shape index (κ2) is 8.23. The van der Waals surface area contributed by atoms with Gasteiger partial charge in [0.2, 0.25) is 11.8 Å². The molecule has 0 radical (unpaired) electrons. The van der Waals surface area contributed by atoms with Crippen molar-refractivity contribution in [2.24, 2.45) is 5.92 Å². The van der Waals surface area contributed by atoms with Crippen LogP contribution in [0, 0.1) is 5.92 Å². The Labute approximate surface area is 156 Å². The summed E-state index contributed by atoms with van der Waals surface area (Å²) in [5, 5.41) is 6.38. The first-order valence-corrected chi connectivity index (χ1v) is 9.78. The molecule has 7 heteroatoms. The van der Waals surface area contributed by atoms with Crippen molar-refractivity contribution in [2.75, 3.05) is 32.7 Å². The minimum atomic E-state index is 0. The predicted octanol–water partition coefficient (Wildman–Crippen LogP) is 0.752. The van der Waals surface area contributed by atoms with E-state index in [1.807, 2.05) is 0 Å². The quantitative estimate of drug-likeness (QED) is 0.749. The Morgan fingerprint density at radius 1 is 1.12 bits per heavy atom.